The first-order chi connectivity index (χ1) is 11.8. The fourth-order valence-corrected chi connectivity index (χ4v) is 4.12. The number of likely N-dealkylation sites (tertiary alicyclic amines) is 1. The van der Waals surface area contributed by atoms with E-state index >= 15 is 0 Å². The van der Waals surface area contributed by atoms with Crippen molar-refractivity contribution in [1.29, 1.82) is 0 Å². The van der Waals surface area contributed by atoms with Crippen LogP contribution in [0.15, 0.2) is 48.4 Å². The average Bonchev–Trinajstić information content (AvgIpc) is 3.33. The minimum absolute atomic E-state index is 0.113. The lowest BCUT2D eigenvalue weighted by Crippen LogP contribution is -2.38. The number of aromatic amines is 1. The van der Waals surface area contributed by atoms with Gasteiger partial charge in [0.25, 0.3) is 5.91 Å². The van der Waals surface area contributed by atoms with Crippen LogP contribution in [0.4, 0.5) is 0 Å². The largest absolute Gasteiger partial charge is 0.332 e. The Bertz CT molecular complexity index is 813. The summed E-state index contributed by atoms with van der Waals surface area (Å²) >= 11 is 1.58. The Balaban J connectivity index is 1.60. The van der Waals surface area contributed by atoms with Gasteiger partial charge in [0.05, 0.1) is 17.8 Å². The molecule has 1 saturated heterocycles. The Labute approximate surface area is 144 Å². The minimum Gasteiger partial charge on any atom is -0.332 e. The fourth-order valence-electron chi connectivity index (χ4n) is 3.26. The Morgan fingerprint density at radius 2 is 2.17 bits per heavy atom. The number of pyridine rings is 1. The monoisotopic (exact) mass is 338 g/mol. The molecule has 122 valence electrons. The molecule has 4 rings (SSSR count). The summed E-state index contributed by atoms with van der Waals surface area (Å²) in [6, 6.07) is 6.14. The van der Waals surface area contributed by atoms with Crippen LogP contribution in [0.1, 0.15) is 41.2 Å². The molecule has 0 radical (unpaired) electrons. The summed E-state index contributed by atoms with van der Waals surface area (Å²) < 4.78 is 0. The second-order valence-corrected chi connectivity index (χ2v) is 6.89. The molecular formula is C18H18N4OS. The smallest absolute Gasteiger partial charge is 0.255 e. The second-order valence-electron chi connectivity index (χ2n) is 5.98. The van der Waals surface area contributed by atoms with Crippen LogP contribution in [0, 0.1) is 0 Å². The molecule has 3 aromatic heterocycles. The van der Waals surface area contributed by atoms with E-state index in [0.29, 0.717) is 0 Å². The molecule has 1 fully saturated rings. The Morgan fingerprint density at radius 3 is 2.96 bits per heavy atom. The molecule has 6 heteroatoms. The lowest BCUT2D eigenvalue weighted by molar-refractivity contribution is 0.0612. The molecule has 1 aliphatic rings. The normalized spacial score (nSPS) is 17.8. The summed E-state index contributed by atoms with van der Waals surface area (Å²) in [5.74, 6) is 0.113. The van der Waals surface area contributed by atoms with Crippen molar-refractivity contribution in [2.75, 3.05) is 6.54 Å². The number of nitrogens with one attached hydrogen (secondary N) is 1. The summed E-state index contributed by atoms with van der Waals surface area (Å²) in [6.45, 7) is 0.808. The molecule has 5 nitrogen and oxygen atoms in total. The number of rotatable bonds is 3. The molecule has 3 aromatic rings. The highest BCUT2D eigenvalue weighted by atomic mass is 32.1. The first kappa shape index (κ1) is 15.1. The minimum atomic E-state index is 0.113. The first-order valence-electron chi connectivity index (χ1n) is 8.11. The van der Waals surface area contributed by atoms with Gasteiger partial charge in [-0.05, 0) is 43.0 Å². The molecule has 1 atom stereocenters. The van der Waals surface area contributed by atoms with Crippen molar-refractivity contribution in [1.82, 2.24) is 20.1 Å². The number of hydrogen-bond acceptors (Lipinski definition) is 4. The van der Waals surface area contributed by atoms with Crippen LogP contribution in [-0.4, -0.2) is 32.5 Å². The van der Waals surface area contributed by atoms with E-state index in [-0.39, 0.29) is 11.9 Å². The van der Waals surface area contributed by atoms with Crippen molar-refractivity contribution in [3.05, 3.63) is 59.5 Å². The molecule has 1 unspecified atom stereocenters. The summed E-state index contributed by atoms with van der Waals surface area (Å²) in [7, 11) is 0. The maximum atomic E-state index is 13.1. The maximum absolute atomic E-state index is 13.1. The van der Waals surface area contributed by atoms with Gasteiger partial charge in [-0.3, -0.25) is 14.9 Å². The van der Waals surface area contributed by atoms with Gasteiger partial charge in [-0.25, -0.2) is 0 Å². The van der Waals surface area contributed by atoms with Gasteiger partial charge in [0.1, 0.15) is 0 Å². The van der Waals surface area contributed by atoms with Gasteiger partial charge in [-0.2, -0.15) is 5.10 Å². The number of hydrogen-bond donors (Lipinski definition) is 1. The van der Waals surface area contributed by atoms with Crippen molar-refractivity contribution in [2.24, 2.45) is 0 Å². The Hall–Kier alpha value is -2.47. The third kappa shape index (κ3) is 2.85. The number of thiophene rings is 1. The van der Waals surface area contributed by atoms with Gasteiger partial charge in [0, 0.05) is 41.0 Å². The zero-order valence-corrected chi connectivity index (χ0v) is 14.0. The molecule has 24 heavy (non-hydrogen) atoms. The van der Waals surface area contributed by atoms with E-state index in [9.17, 15) is 4.79 Å². The number of aromatic nitrogens is 3. The van der Waals surface area contributed by atoms with E-state index in [4.69, 9.17) is 0 Å². The molecule has 1 amide bonds. The van der Waals surface area contributed by atoms with Gasteiger partial charge in [-0.1, -0.05) is 0 Å². The van der Waals surface area contributed by atoms with Crippen molar-refractivity contribution in [2.45, 2.75) is 25.3 Å². The van der Waals surface area contributed by atoms with Crippen LogP contribution in [-0.2, 0) is 0 Å². The lowest BCUT2D eigenvalue weighted by atomic mass is 9.95. The van der Waals surface area contributed by atoms with E-state index < -0.39 is 0 Å². The van der Waals surface area contributed by atoms with E-state index in [1.54, 1.807) is 29.9 Å². The number of nitrogens with zero attached hydrogens (tertiary/aromatic N) is 3. The zero-order valence-electron chi connectivity index (χ0n) is 13.2. The maximum Gasteiger partial charge on any atom is 0.255 e. The number of carbonyl (C=O) groups excluding carboxylic acids is 1. The highest BCUT2D eigenvalue weighted by molar-refractivity contribution is 7.13. The summed E-state index contributed by atoms with van der Waals surface area (Å²) in [5.41, 5.74) is 2.95. The fraction of sp³-hybridized carbons (Fsp3) is 0.278. The molecule has 0 saturated carbocycles. The SMILES string of the molecule is O=C(c1csc(-c2cn[nH]c2)c1)N1CCCCC1c1ccncc1. The summed E-state index contributed by atoms with van der Waals surface area (Å²) in [5, 5.41) is 8.74. The second kappa shape index (κ2) is 6.57. The molecule has 0 aromatic carbocycles. The Morgan fingerprint density at radius 1 is 1.29 bits per heavy atom. The molecule has 0 bridgehead atoms. The van der Waals surface area contributed by atoms with Crippen LogP contribution in [0.5, 0.6) is 0 Å². The molecule has 1 aliphatic heterocycles. The van der Waals surface area contributed by atoms with Gasteiger partial charge in [0.2, 0.25) is 0 Å². The van der Waals surface area contributed by atoms with E-state index in [1.807, 2.05) is 34.7 Å². The van der Waals surface area contributed by atoms with Gasteiger partial charge < -0.3 is 4.90 Å². The van der Waals surface area contributed by atoms with Crippen molar-refractivity contribution in [3.63, 3.8) is 0 Å². The molecule has 0 spiro atoms. The molecule has 4 heterocycles. The van der Waals surface area contributed by atoms with Gasteiger partial charge in [-0.15, -0.1) is 11.3 Å². The number of carbonyl (C=O) groups is 1. The quantitative estimate of drug-likeness (QED) is 0.788. The number of amides is 1. The number of piperidine rings is 1. The predicted molar refractivity (Wildman–Crippen MR) is 93.8 cm³/mol. The highest BCUT2D eigenvalue weighted by Crippen LogP contribution is 2.33. The first-order valence-corrected chi connectivity index (χ1v) is 8.99. The summed E-state index contributed by atoms with van der Waals surface area (Å²) in [6.07, 6.45) is 10.4. The van der Waals surface area contributed by atoms with E-state index in [2.05, 4.69) is 15.2 Å². The number of H-pyrrole nitrogens is 1. The summed E-state index contributed by atoms with van der Waals surface area (Å²) in [4.78, 5) is 20.2. The van der Waals surface area contributed by atoms with E-state index in [0.717, 1.165) is 41.8 Å². The zero-order chi connectivity index (χ0) is 16.4. The lowest BCUT2D eigenvalue weighted by Gasteiger charge is -2.36. The van der Waals surface area contributed by atoms with E-state index in [1.165, 1.54) is 5.56 Å². The molecule has 0 aliphatic carbocycles. The molecular weight excluding hydrogens is 320 g/mol. The highest BCUT2D eigenvalue weighted by Gasteiger charge is 2.29. The topological polar surface area (TPSA) is 61.9 Å². The van der Waals surface area contributed by atoms with Crippen molar-refractivity contribution in [3.8, 4) is 10.4 Å². The third-order valence-electron chi connectivity index (χ3n) is 4.48. The van der Waals surface area contributed by atoms with Gasteiger partial charge in [0.15, 0.2) is 0 Å². The predicted octanol–water partition coefficient (Wildman–Crippen LogP) is 3.90. The van der Waals surface area contributed by atoms with Crippen LogP contribution >= 0.6 is 11.3 Å². The average molecular weight is 338 g/mol. The van der Waals surface area contributed by atoms with Crippen molar-refractivity contribution >= 4 is 17.2 Å². The van der Waals surface area contributed by atoms with Crippen LogP contribution < -0.4 is 0 Å². The van der Waals surface area contributed by atoms with Gasteiger partial charge >= 0.3 is 0 Å². The Kier molecular flexibility index (Phi) is 4.13. The van der Waals surface area contributed by atoms with Crippen LogP contribution in [0.3, 0.4) is 0 Å². The van der Waals surface area contributed by atoms with Crippen molar-refractivity contribution < 1.29 is 4.79 Å². The standard InChI is InChI=1S/C18H18N4OS/c23-18(14-9-17(24-12-14)15-10-20-21-11-15)22-8-2-1-3-16(22)13-4-6-19-7-5-13/h4-7,9-12,16H,1-3,8H2,(H,20,21). The van der Waals surface area contributed by atoms with Crippen LogP contribution in [0.2, 0.25) is 0 Å². The third-order valence-corrected chi connectivity index (χ3v) is 5.46. The molecule has 1 N–H and O–H groups in total. The van der Waals surface area contributed by atoms with Crippen LogP contribution in [0.25, 0.3) is 10.4 Å².